The minimum atomic E-state index is -0.364. The van der Waals surface area contributed by atoms with Gasteiger partial charge in [-0.2, -0.15) is 0 Å². The number of anilines is 2. The monoisotopic (exact) mass is 466 g/mol. The minimum absolute atomic E-state index is 0.131. The normalized spacial score (nSPS) is 11.6. The summed E-state index contributed by atoms with van der Waals surface area (Å²) in [7, 11) is 0. The number of carbonyl (C=O) groups excluding carboxylic acids is 2. The highest BCUT2D eigenvalue weighted by Crippen LogP contribution is 2.26. The van der Waals surface area contributed by atoms with Crippen LogP contribution in [0.1, 0.15) is 23.9 Å². The predicted molar refractivity (Wildman–Crippen MR) is 132 cm³/mol. The van der Waals surface area contributed by atoms with Crippen molar-refractivity contribution in [1.29, 1.82) is 0 Å². The molecule has 3 aromatic rings. The highest BCUT2D eigenvalue weighted by molar-refractivity contribution is 8.01. The molecule has 6 nitrogen and oxygen atoms in total. The summed E-state index contributed by atoms with van der Waals surface area (Å²) in [4.78, 5) is 34.5. The molecule has 1 heterocycles. The largest absolute Gasteiger partial charge is 0.325 e. The van der Waals surface area contributed by atoms with Crippen molar-refractivity contribution >= 4 is 46.7 Å². The van der Waals surface area contributed by atoms with Gasteiger partial charge < -0.3 is 10.6 Å². The molecular weight excluding hydrogens is 440 g/mol. The van der Waals surface area contributed by atoms with Gasteiger partial charge >= 0.3 is 0 Å². The van der Waals surface area contributed by atoms with E-state index >= 15 is 0 Å². The average Bonchev–Trinajstić information content (AvgIpc) is 2.74. The van der Waals surface area contributed by atoms with E-state index in [0.29, 0.717) is 10.8 Å². The van der Waals surface area contributed by atoms with E-state index in [1.165, 1.54) is 23.5 Å². The van der Waals surface area contributed by atoms with Crippen molar-refractivity contribution in [3.8, 4) is 0 Å². The highest BCUT2D eigenvalue weighted by Gasteiger charge is 2.16. The molecule has 0 bridgehead atoms. The van der Waals surface area contributed by atoms with Crippen LogP contribution in [0.2, 0.25) is 0 Å². The van der Waals surface area contributed by atoms with Crippen LogP contribution in [0.3, 0.4) is 0 Å². The first-order chi connectivity index (χ1) is 15.3. The first-order valence-electron chi connectivity index (χ1n) is 10.2. The number of aromatic nitrogens is 2. The predicted octanol–water partition coefficient (Wildman–Crippen LogP) is 5.25. The number of thioether (sulfide) groups is 1. The Morgan fingerprint density at radius 3 is 2.06 bits per heavy atom. The Hall–Kier alpha value is -2.84. The van der Waals surface area contributed by atoms with E-state index < -0.39 is 0 Å². The number of amides is 2. The molecule has 0 radical (unpaired) electrons. The Morgan fingerprint density at radius 2 is 1.44 bits per heavy atom. The minimum Gasteiger partial charge on any atom is -0.325 e. The van der Waals surface area contributed by atoms with Crippen LogP contribution in [0.4, 0.5) is 11.4 Å². The van der Waals surface area contributed by atoms with Crippen molar-refractivity contribution in [3.63, 3.8) is 0 Å². The Bertz CT molecular complexity index is 1070. The van der Waals surface area contributed by atoms with Gasteiger partial charge in [-0.3, -0.25) is 9.59 Å². The van der Waals surface area contributed by atoms with E-state index in [1.54, 1.807) is 6.92 Å². The molecule has 0 spiro atoms. The average molecular weight is 467 g/mol. The van der Waals surface area contributed by atoms with Gasteiger partial charge in [0.15, 0.2) is 5.16 Å². The molecule has 0 saturated carbocycles. The summed E-state index contributed by atoms with van der Waals surface area (Å²) in [5.41, 5.74) is 4.46. The molecule has 0 saturated heterocycles. The standard InChI is InChI=1S/C24H26N4O2S2/c1-15-5-7-19(8-6-15)27-22(29)14-31-18(4)23(30)28-20-9-11-21(12-10-20)32-24-25-16(2)13-17(3)26-24/h5-13,18H,14H2,1-4H3,(H,27,29)(H,28,30). The summed E-state index contributed by atoms with van der Waals surface area (Å²) in [5, 5.41) is 6.08. The molecule has 3 rings (SSSR count). The van der Waals surface area contributed by atoms with Gasteiger partial charge in [-0.05, 0) is 81.9 Å². The lowest BCUT2D eigenvalue weighted by molar-refractivity contribution is -0.115. The molecule has 0 aliphatic heterocycles. The third-order valence-corrected chi connectivity index (χ3v) is 6.48. The molecule has 2 aromatic carbocycles. The van der Waals surface area contributed by atoms with Crippen LogP contribution in [0.25, 0.3) is 0 Å². The molecule has 32 heavy (non-hydrogen) atoms. The van der Waals surface area contributed by atoms with Crippen molar-refractivity contribution in [2.75, 3.05) is 16.4 Å². The second kappa shape index (κ2) is 11.2. The van der Waals surface area contributed by atoms with Crippen molar-refractivity contribution in [2.45, 2.75) is 43.0 Å². The maximum atomic E-state index is 12.5. The summed E-state index contributed by atoms with van der Waals surface area (Å²) in [6.45, 7) is 7.68. The summed E-state index contributed by atoms with van der Waals surface area (Å²) in [6, 6.07) is 17.1. The maximum Gasteiger partial charge on any atom is 0.237 e. The smallest absolute Gasteiger partial charge is 0.237 e. The number of nitrogens with zero attached hydrogens (tertiary/aromatic N) is 2. The quantitative estimate of drug-likeness (QED) is 0.441. The van der Waals surface area contributed by atoms with Crippen LogP contribution in [0.15, 0.2) is 64.6 Å². The number of rotatable bonds is 8. The summed E-state index contributed by atoms with van der Waals surface area (Å²) >= 11 is 2.78. The van der Waals surface area contributed by atoms with Gasteiger partial charge in [-0.15, -0.1) is 11.8 Å². The van der Waals surface area contributed by atoms with Crippen LogP contribution in [-0.4, -0.2) is 32.8 Å². The van der Waals surface area contributed by atoms with E-state index in [-0.39, 0.29) is 22.8 Å². The Kier molecular flexibility index (Phi) is 8.30. The second-order valence-corrected chi connectivity index (χ2v) is 9.79. The molecular formula is C24H26N4O2S2. The van der Waals surface area contributed by atoms with Crippen LogP contribution in [0, 0.1) is 20.8 Å². The van der Waals surface area contributed by atoms with E-state index in [2.05, 4.69) is 20.6 Å². The maximum absolute atomic E-state index is 12.5. The number of aryl methyl sites for hydroxylation is 3. The zero-order valence-electron chi connectivity index (χ0n) is 18.5. The van der Waals surface area contributed by atoms with E-state index in [0.717, 1.165) is 27.5 Å². The first kappa shape index (κ1) is 23.8. The lowest BCUT2D eigenvalue weighted by atomic mass is 10.2. The molecule has 2 amide bonds. The van der Waals surface area contributed by atoms with E-state index in [9.17, 15) is 9.59 Å². The molecule has 0 aliphatic rings. The Morgan fingerprint density at radius 1 is 0.875 bits per heavy atom. The number of benzene rings is 2. The number of carbonyl (C=O) groups is 2. The number of hydrogen-bond donors (Lipinski definition) is 2. The lowest BCUT2D eigenvalue weighted by Gasteiger charge is -2.12. The van der Waals surface area contributed by atoms with Crippen molar-refractivity contribution < 1.29 is 9.59 Å². The molecule has 0 aliphatic carbocycles. The molecule has 166 valence electrons. The lowest BCUT2D eigenvalue weighted by Crippen LogP contribution is -2.25. The molecule has 1 unspecified atom stereocenters. The van der Waals surface area contributed by atoms with Gasteiger partial charge in [0.25, 0.3) is 0 Å². The van der Waals surface area contributed by atoms with Crippen molar-refractivity contribution in [1.82, 2.24) is 9.97 Å². The summed E-state index contributed by atoms with van der Waals surface area (Å²) in [5.74, 6) is -0.0711. The fraction of sp³-hybridized carbons (Fsp3) is 0.250. The van der Waals surface area contributed by atoms with Gasteiger partial charge in [0.2, 0.25) is 11.8 Å². The molecule has 8 heteroatoms. The SMILES string of the molecule is Cc1ccc(NC(=O)CSC(C)C(=O)Nc2ccc(Sc3nc(C)cc(C)n3)cc2)cc1. The van der Waals surface area contributed by atoms with Crippen LogP contribution >= 0.6 is 23.5 Å². The van der Waals surface area contributed by atoms with Gasteiger partial charge in [0, 0.05) is 27.7 Å². The summed E-state index contributed by atoms with van der Waals surface area (Å²) in [6.07, 6.45) is 0. The fourth-order valence-corrected chi connectivity index (χ4v) is 4.35. The topological polar surface area (TPSA) is 84.0 Å². The Balaban J connectivity index is 1.47. The second-order valence-electron chi connectivity index (χ2n) is 7.42. The van der Waals surface area contributed by atoms with Gasteiger partial charge in [-0.1, -0.05) is 17.7 Å². The molecule has 1 atom stereocenters. The molecule has 0 fully saturated rings. The van der Waals surface area contributed by atoms with Crippen LogP contribution < -0.4 is 10.6 Å². The van der Waals surface area contributed by atoms with Gasteiger partial charge in [0.1, 0.15) is 0 Å². The number of hydrogen-bond acceptors (Lipinski definition) is 6. The molecule has 1 aromatic heterocycles. The molecule has 2 N–H and O–H groups in total. The van der Waals surface area contributed by atoms with Crippen molar-refractivity contribution in [2.24, 2.45) is 0 Å². The third-order valence-electron chi connectivity index (χ3n) is 4.46. The van der Waals surface area contributed by atoms with E-state index in [1.807, 2.05) is 75.4 Å². The summed E-state index contributed by atoms with van der Waals surface area (Å²) < 4.78 is 0. The van der Waals surface area contributed by atoms with Crippen molar-refractivity contribution in [3.05, 3.63) is 71.5 Å². The van der Waals surface area contributed by atoms with Crippen LogP contribution in [0.5, 0.6) is 0 Å². The van der Waals surface area contributed by atoms with E-state index in [4.69, 9.17) is 0 Å². The van der Waals surface area contributed by atoms with Gasteiger partial charge in [-0.25, -0.2) is 9.97 Å². The number of nitrogens with one attached hydrogen (secondary N) is 2. The van der Waals surface area contributed by atoms with Gasteiger partial charge in [0.05, 0.1) is 11.0 Å². The zero-order valence-corrected chi connectivity index (χ0v) is 20.1. The van der Waals surface area contributed by atoms with Crippen LogP contribution in [-0.2, 0) is 9.59 Å². The zero-order chi connectivity index (χ0) is 23.1. The fourth-order valence-electron chi connectivity index (χ4n) is 2.81. The highest BCUT2D eigenvalue weighted by atomic mass is 32.2. The third kappa shape index (κ3) is 7.39. The first-order valence-corrected chi connectivity index (χ1v) is 12.0. The Labute approximate surface area is 197 Å².